The van der Waals surface area contributed by atoms with Crippen LogP contribution in [-0.2, 0) is 20.8 Å². The van der Waals surface area contributed by atoms with Gasteiger partial charge in [-0.25, -0.2) is 4.98 Å². The van der Waals surface area contributed by atoms with Crippen LogP contribution in [0.25, 0.3) is 16.7 Å². The number of halogens is 2. The smallest absolute Gasteiger partial charge is 0.208 e. The summed E-state index contributed by atoms with van der Waals surface area (Å²) < 4.78 is 10.1. The third-order valence-electron chi connectivity index (χ3n) is 6.40. The Morgan fingerprint density at radius 3 is 2.19 bits per heavy atom. The van der Waals surface area contributed by atoms with E-state index in [1.165, 1.54) is 22.3 Å². The lowest BCUT2D eigenvalue weighted by molar-refractivity contribution is 0.309. The first-order chi connectivity index (χ1) is 17.3. The molecule has 0 radical (unpaired) electrons. The Morgan fingerprint density at radius 1 is 0.917 bits per heavy atom. The Morgan fingerprint density at radius 2 is 1.58 bits per heavy atom. The van der Waals surface area contributed by atoms with Crippen LogP contribution in [0.15, 0.2) is 60.7 Å². The Bertz CT molecular complexity index is 1290. The molecule has 0 atom stereocenters. The number of benzene rings is 3. The van der Waals surface area contributed by atoms with E-state index in [1.54, 1.807) is 0 Å². The third-order valence-corrected chi connectivity index (χ3v) is 8.04. The van der Waals surface area contributed by atoms with E-state index in [4.69, 9.17) is 9.72 Å². The highest BCUT2D eigenvalue weighted by Crippen LogP contribution is 2.31. The quantitative estimate of drug-likeness (QED) is 0.102. The predicted octanol–water partition coefficient (Wildman–Crippen LogP) is 8.98. The Balaban J connectivity index is 1.68. The molecule has 0 bridgehead atoms. The number of hydrogen-bond acceptors (Lipinski definition) is 3. The van der Waals surface area contributed by atoms with Gasteiger partial charge in [-0.2, -0.15) is 0 Å². The molecule has 0 aliphatic rings. The van der Waals surface area contributed by atoms with Crippen molar-refractivity contribution in [2.45, 2.75) is 61.4 Å². The van der Waals surface area contributed by atoms with Crippen LogP contribution in [0.3, 0.4) is 0 Å². The van der Waals surface area contributed by atoms with Gasteiger partial charge in [0.25, 0.3) is 0 Å². The van der Waals surface area contributed by atoms with Crippen LogP contribution in [0, 0.1) is 0 Å². The van der Waals surface area contributed by atoms with E-state index in [1.807, 2.05) is 0 Å². The minimum absolute atomic E-state index is 0.152. The Labute approximate surface area is 242 Å². The lowest BCUT2D eigenvalue weighted by atomic mass is 9.87. The molecule has 3 aromatic carbocycles. The van der Waals surface area contributed by atoms with Crippen molar-refractivity contribution in [1.82, 2.24) is 9.55 Å². The van der Waals surface area contributed by atoms with Gasteiger partial charge >= 0.3 is 0 Å². The van der Waals surface area contributed by atoms with E-state index in [-0.39, 0.29) is 5.41 Å². The van der Waals surface area contributed by atoms with Gasteiger partial charge in [-0.15, -0.1) is 0 Å². The Hall–Kier alpha value is -1.81. The largest absolute Gasteiger partial charge is 0.494 e. The fourth-order valence-corrected chi connectivity index (χ4v) is 5.59. The highest BCUT2D eigenvalue weighted by Gasteiger charge is 2.16. The molecule has 4 nitrogen and oxygen atoms in total. The first-order valence-electron chi connectivity index (χ1n) is 12.6. The molecular weight excluding hydrogens is 672 g/mol. The second-order valence-corrected chi connectivity index (χ2v) is 11.7. The second-order valence-electron chi connectivity index (χ2n) is 10.1. The number of anilines is 1. The highest BCUT2D eigenvalue weighted by molar-refractivity contribution is 14.1. The van der Waals surface area contributed by atoms with Gasteiger partial charge in [0.05, 0.1) is 17.6 Å². The average molecular weight is 707 g/mol. The van der Waals surface area contributed by atoms with Crippen LogP contribution in [0.1, 0.15) is 62.8 Å². The van der Waals surface area contributed by atoms with Gasteiger partial charge < -0.3 is 10.1 Å². The van der Waals surface area contributed by atoms with Crippen LogP contribution in [0.2, 0.25) is 0 Å². The number of unbranched alkanes of at least 4 members (excludes halogenated alkanes) is 1. The average Bonchev–Trinajstić information content (AvgIpc) is 3.24. The number of ether oxygens (including phenoxy) is 1. The molecule has 0 saturated carbocycles. The van der Waals surface area contributed by atoms with Crippen LogP contribution in [-0.4, -0.2) is 16.2 Å². The summed E-state index contributed by atoms with van der Waals surface area (Å²) >= 11 is 4.90. The lowest BCUT2D eigenvalue weighted by Crippen LogP contribution is -2.11. The van der Waals surface area contributed by atoms with Crippen molar-refractivity contribution in [3.05, 3.63) is 82.9 Å². The molecular formula is C30H35I2N3O. The molecule has 0 unspecified atom stereocenters. The molecule has 1 aromatic heterocycles. The number of nitrogens with one attached hydrogen (secondary N) is 1. The summed E-state index contributed by atoms with van der Waals surface area (Å²) in [6, 6.07) is 21.8. The summed E-state index contributed by atoms with van der Waals surface area (Å²) in [6.45, 7) is 10.4. The number of nitrogens with zero attached hydrogens (tertiary/aromatic N) is 2. The van der Waals surface area contributed by atoms with Gasteiger partial charge in [0.15, 0.2) is 0 Å². The molecule has 190 valence electrons. The predicted molar refractivity (Wildman–Crippen MR) is 169 cm³/mol. The fraction of sp³-hybridized carbons (Fsp3) is 0.367. The third kappa shape index (κ3) is 6.36. The van der Waals surface area contributed by atoms with E-state index < -0.39 is 0 Å². The van der Waals surface area contributed by atoms with E-state index in [0.717, 1.165) is 56.7 Å². The van der Waals surface area contributed by atoms with Crippen LogP contribution >= 0.6 is 45.2 Å². The molecule has 1 N–H and O–H groups in total. The van der Waals surface area contributed by atoms with Gasteiger partial charge in [-0.1, -0.05) is 104 Å². The van der Waals surface area contributed by atoms with Crippen LogP contribution in [0.5, 0.6) is 5.75 Å². The summed E-state index contributed by atoms with van der Waals surface area (Å²) in [5.41, 5.74) is 8.67. The normalized spacial score (nSPS) is 11.7. The van der Waals surface area contributed by atoms with Crippen molar-refractivity contribution in [3.8, 4) is 11.4 Å². The van der Waals surface area contributed by atoms with Crippen molar-refractivity contribution in [2.75, 3.05) is 11.9 Å². The molecule has 0 spiro atoms. The van der Waals surface area contributed by atoms with Crippen molar-refractivity contribution in [1.29, 1.82) is 0 Å². The van der Waals surface area contributed by atoms with E-state index in [0.29, 0.717) is 6.54 Å². The Kier molecular flexibility index (Phi) is 9.19. The maximum atomic E-state index is 5.90. The molecule has 0 aliphatic heterocycles. The molecule has 4 rings (SSSR count). The number of fused-ring (bicyclic) bond motifs is 1. The fourth-order valence-electron chi connectivity index (χ4n) is 4.17. The van der Waals surface area contributed by atoms with Gasteiger partial charge in [-0.05, 0) is 70.5 Å². The van der Waals surface area contributed by atoms with Crippen molar-refractivity contribution >= 4 is 62.2 Å². The van der Waals surface area contributed by atoms with Crippen molar-refractivity contribution in [3.63, 3.8) is 0 Å². The molecule has 4 aromatic rings. The van der Waals surface area contributed by atoms with Gasteiger partial charge in [0.2, 0.25) is 5.95 Å². The number of imidazole rings is 1. The minimum atomic E-state index is 0.152. The maximum absolute atomic E-state index is 5.90. The number of aromatic nitrogens is 2. The minimum Gasteiger partial charge on any atom is -0.494 e. The number of hydrogen-bond donors (Lipinski definition) is 1. The monoisotopic (exact) mass is 707 g/mol. The first-order valence-corrected chi connectivity index (χ1v) is 15.6. The summed E-state index contributed by atoms with van der Waals surface area (Å²) in [5, 5.41) is 3.62. The molecule has 0 amide bonds. The maximum Gasteiger partial charge on any atom is 0.208 e. The standard InChI is InChI=1S/C30H35I2N3O/c1-5-6-15-36-26-13-11-25(12-14-26)35-28-17-23(19-32)22(18-31)16-27(28)34-29(35)33-20-21-7-9-24(10-8-21)30(2,3)4/h7-14,16-17H,5-6,15,18-20H2,1-4H3,(H,33,34). The van der Waals surface area contributed by atoms with E-state index >= 15 is 0 Å². The summed E-state index contributed by atoms with van der Waals surface area (Å²) in [5.74, 6) is 1.76. The van der Waals surface area contributed by atoms with Crippen LogP contribution < -0.4 is 10.1 Å². The zero-order chi connectivity index (χ0) is 25.7. The summed E-state index contributed by atoms with van der Waals surface area (Å²) in [4.78, 5) is 5.04. The lowest BCUT2D eigenvalue weighted by Gasteiger charge is -2.19. The van der Waals surface area contributed by atoms with E-state index in [2.05, 4.69) is 143 Å². The molecule has 0 saturated heterocycles. The molecule has 0 fully saturated rings. The first kappa shape index (κ1) is 27.2. The summed E-state index contributed by atoms with van der Waals surface area (Å²) in [7, 11) is 0. The topological polar surface area (TPSA) is 39.1 Å². The van der Waals surface area contributed by atoms with E-state index in [9.17, 15) is 0 Å². The second kappa shape index (κ2) is 12.2. The number of rotatable bonds is 10. The molecule has 36 heavy (non-hydrogen) atoms. The molecule has 0 aliphatic carbocycles. The number of alkyl halides is 2. The zero-order valence-electron chi connectivity index (χ0n) is 21.6. The SMILES string of the molecule is CCCCOc1ccc(-n2c(NCc3ccc(C(C)(C)C)cc3)nc3cc(CI)c(CI)cc32)cc1. The molecule has 1 heterocycles. The van der Waals surface area contributed by atoms with Crippen molar-refractivity contribution in [2.24, 2.45) is 0 Å². The van der Waals surface area contributed by atoms with Gasteiger partial charge in [-0.3, -0.25) is 4.57 Å². The molecule has 6 heteroatoms. The van der Waals surface area contributed by atoms with Gasteiger partial charge in [0.1, 0.15) is 5.75 Å². The van der Waals surface area contributed by atoms with Crippen LogP contribution in [0.4, 0.5) is 5.95 Å². The zero-order valence-corrected chi connectivity index (χ0v) is 25.9. The summed E-state index contributed by atoms with van der Waals surface area (Å²) in [6.07, 6.45) is 2.20. The van der Waals surface area contributed by atoms with Gasteiger partial charge in [0, 0.05) is 21.1 Å². The highest BCUT2D eigenvalue weighted by atomic mass is 127. The van der Waals surface area contributed by atoms with Crippen molar-refractivity contribution < 1.29 is 4.74 Å².